The average molecular weight is 689 g/mol. The van der Waals surface area contributed by atoms with Crippen LogP contribution in [0.5, 0.6) is 0 Å². The first-order valence-electron chi connectivity index (χ1n) is 18.9. The number of rotatable bonds is 4. The van der Waals surface area contributed by atoms with Crippen LogP contribution in [0.25, 0.3) is 82.7 Å². The first kappa shape index (κ1) is 30.8. The molecule has 10 aromatic rings. The quantitative estimate of drug-likeness (QED) is 0.180. The van der Waals surface area contributed by atoms with Crippen molar-refractivity contribution in [2.24, 2.45) is 0 Å². The van der Waals surface area contributed by atoms with E-state index in [4.69, 9.17) is 4.98 Å². The van der Waals surface area contributed by atoms with Gasteiger partial charge in [0.05, 0.1) is 16.6 Å². The van der Waals surface area contributed by atoms with Crippen molar-refractivity contribution in [3.8, 4) is 39.2 Å². The van der Waals surface area contributed by atoms with Gasteiger partial charge in [-0.3, -0.25) is 4.57 Å². The first-order chi connectivity index (χ1) is 26.7. The summed E-state index contributed by atoms with van der Waals surface area (Å²) in [6.07, 6.45) is 0.982. The molecule has 8 aromatic carbocycles. The summed E-state index contributed by atoms with van der Waals surface area (Å²) in [6.45, 7) is 2.25. The summed E-state index contributed by atoms with van der Waals surface area (Å²) in [5, 5.41) is 6.21. The Balaban J connectivity index is 1.16. The number of benzene rings is 8. The zero-order chi connectivity index (χ0) is 35.8. The van der Waals surface area contributed by atoms with Gasteiger partial charge in [0.15, 0.2) is 0 Å². The van der Waals surface area contributed by atoms with Gasteiger partial charge in [0.25, 0.3) is 0 Å². The van der Waals surface area contributed by atoms with Gasteiger partial charge in [0.1, 0.15) is 5.82 Å². The minimum absolute atomic E-state index is 0.264. The van der Waals surface area contributed by atoms with Crippen molar-refractivity contribution in [1.29, 1.82) is 0 Å². The smallest absolute Gasteiger partial charge is 0.141 e. The number of pyridine rings is 1. The van der Waals surface area contributed by atoms with E-state index < -0.39 is 0 Å². The van der Waals surface area contributed by atoms with E-state index >= 15 is 0 Å². The lowest BCUT2D eigenvalue weighted by Crippen LogP contribution is -2.12. The molecule has 2 heteroatoms. The van der Waals surface area contributed by atoms with Crippen LogP contribution in [0.2, 0.25) is 0 Å². The second-order valence-electron chi connectivity index (χ2n) is 14.7. The highest BCUT2D eigenvalue weighted by Gasteiger charge is 2.27. The molecule has 0 saturated carbocycles. The van der Waals surface area contributed by atoms with E-state index in [1.165, 1.54) is 82.6 Å². The van der Waals surface area contributed by atoms with Crippen LogP contribution in [0.1, 0.15) is 28.2 Å². The minimum Gasteiger partial charge on any atom is -0.294 e. The molecule has 0 radical (unpaired) electrons. The molecule has 2 heterocycles. The molecular formula is C52H36N2. The predicted octanol–water partition coefficient (Wildman–Crippen LogP) is 13.5. The number of hydrogen-bond donors (Lipinski definition) is 0. The highest BCUT2D eigenvalue weighted by molar-refractivity contribution is 6.21. The Hall–Kier alpha value is -6.77. The maximum atomic E-state index is 5.48. The molecule has 0 N–H and O–H groups in total. The second-order valence-corrected chi connectivity index (χ2v) is 14.7. The van der Waals surface area contributed by atoms with Crippen molar-refractivity contribution in [2.75, 3.05) is 0 Å². The van der Waals surface area contributed by atoms with E-state index in [1.54, 1.807) is 0 Å². The van der Waals surface area contributed by atoms with Crippen molar-refractivity contribution >= 4 is 43.5 Å². The highest BCUT2D eigenvalue weighted by Crippen LogP contribution is 2.46. The number of aromatic nitrogens is 2. The molecule has 0 aliphatic heterocycles. The van der Waals surface area contributed by atoms with Gasteiger partial charge in [-0.25, -0.2) is 4.98 Å². The molecule has 1 atom stereocenters. The minimum atomic E-state index is 0.264. The van der Waals surface area contributed by atoms with Gasteiger partial charge in [-0.1, -0.05) is 158 Å². The largest absolute Gasteiger partial charge is 0.294 e. The van der Waals surface area contributed by atoms with Crippen LogP contribution in [0.3, 0.4) is 0 Å². The van der Waals surface area contributed by atoms with Crippen LogP contribution >= 0.6 is 0 Å². The van der Waals surface area contributed by atoms with Crippen LogP contribution in [0.4, 0.5) is 0 Å². The third-order valence-electron chi connectivity index (χ3n) is 11.8. The predicted molar refractivity (Wildman–Crippen MR) is 227 cm³/mol. The molecule has 254 valence electrons. The summed E-state index contributed by atoms with van der Waals surface area (Å²) in [4.78, 5) is 5.48. The van der Waals surface area contributed by atoms with Gasteiger partial charge in [-0.2, -0.15) is 0 Å². The monoisotopic (exact) mass is 688 g/mol. The normalized spacial score (nSPS) is 13.8. The molecule has 11 rings (SSSR count). The number of hydrogen-bond acceptors (Lipinski definition) is 1. The molecule has 0 spiro atoms. The first-order valence-corrected chi connectivity index (χ1v) is 18.9. The molecule has 0 bridgehead atoms. The van der Waals surface area contributed by atoms with E-state index in [2.05, 4.69) is 193 Å². The summed E-state index contributed by atoms with van der Waals surface area (Å²) >= 11 is 0. The summed E-state index contributed by atoms with van der Waals surface area (Å²) < 4.78 is 2.43. The van der Waals surface area contributed by atoms with Gasteiger partial charge >= 0.3 is 0 Å². The molecule has 2 nitrogen and oxygen atoms in total. The molecule has 1 unspecified atom stereocenters. The highest BCUT2D eigenvalue weighted by atomic mass is 15.1. The topological polar surface area (TPSA) is 17.8 Å². The Bertz CT molecular complexity index is 3080. The third kappa shape index (κ3) is 4.70. The van der Waals surface area contributed by atoms with Gasteiger partial charge in [0, 0.05) is 27.6 Å². The van der Waals surface area contributed by atoms with Gasteiger partial charge in [-0.05, 0) is 98.5 Å². The fourth-order valence-corrected chi connectivity index (χ4v) is 9.23. The van der Waals surface area contributed by atoms with Gasteiger partial charge in [-0.15, -0.1) is 0 Å². The van der Waals surface area contributed by atoms with E-state index in [0.29, 0.717) is 0 Å². The third-order valence-corrected chi connectivity index (χ3v) is 11.8. The van der Waals surface area contributed by atoms with E-state index in [1.807, 2.05) is 0 Å². The maximum absolute atomic E-state index is 5.48. The number of para-hydroxylation sites is 1. The Labute approximate surface area is 314 Å². The summed E-state index contributed by atoms with van der Waals surface area (Å²) in [5.74, 6) is 1.23. The lowest BCUT2D eigenvalue weighted by Gasteiger charge is -2.28. The van der Waals surface area contributed by atoms with Gasteiger partial charge in [0.2, 0.25) is 0 Å². The zero-order valence-electron chi connectivity index (χ0n) is 30.0. The van der Waals surface area contributed by atoms with Crippen LogP contribution < -0.4 is 0 Å². The lowest BCUT2D eigenvalue weighted by atomic mass is 9.75. The Kier molecular flexibility index (Phi) is 6.93. The molecular weight excluding hydrogens is 653 g/mol. The molecule has 0 saturated heterocycles. The standard InChI is InChI=1S/C52H36N2/c1-33-50(37-25-23-35(24-26-37)34-13-3-2-4-14-34)44-21-11-12-22-47(44)53-52(33)54-48-29-28-39(32-46(48)51-41-18-8-5-15-36(41)27-30-49(51)54)45-31-38-16-6-7-17-40(38)42-19-9-10-20-43(42)45/h2-30,32,45H,31H2,1H3. The van der Waals surface area contributed by atoms with Crippen molar-refractivity contribution in [1.82, 2.24) is 9.55 Å². The van der Waals surface area contributed by atoms with Crippen molar-refractivity contribution in [2.45, 2.75) is 19.3 Å². The van der Waals surface area contributed by atoms with Crippen LogP contribution in [-0.2, 0) is 6.42 Å². The van der Waals surface area contributed by atoms with Crippen LogP contribution in [0.15, 0.2) is 182 Å². The number of fused-ring (bicyclic) bond motifs is 9. The lowest BCUT2D eigenvalue weighted by molar-refractivity contribution is 0.795. The fraction of sp³-hybridized carbons (Fsp3) is 0.0577. The summed E-state index contributed by atoms with van der Waals surface area (Å²) in [7, 11) is 0. The molecule has 2 aromatic heterocycles. The fourth-order valence-electron chi connectivity index (χ4n) is 9.23. The maximum Gasteiger partial charge on any atom is 0.141 e. The number of nitrogens with zero attached hydrogens (tertiary/aromatic N) is 2. The SMILES string of the molecule is Cc1c(-n2c3ccc(C4Cc5ccccc5-c5ccccc54)cc3c3c4ccccc4ccc32)nc2ccccc2c1-c1ccc(-c2ccccc2)cc1. The Morgan fingerprint density at radius 2 is 1.19 bits per heavy atom. The van der Waals surface area contributed by atoms with E-state index in [-0.39, 0.29) is 5.92 Å². The van der Waals surface area contributed by atoms with Crippen molar-refractivity contribution < 1.29 is 0 Å². The van der Waals surface area contributed by atoms with Gasteiger partial charge < -0.3 is 0 Å². The van der Waals surface area contributed by atoms with E-state index in [0.717, 1.165) is 28.7 Å². The molecule has 0 amide bonds. The second kappa shape index (κ2) is 12.1. The summed E-state index contributed by atoms with van der Waals surface area (Å²) in [5.41, 5.74) is 16.2. The summed E-state index contributed by atoms with van der Waals surface area (Å²) in [6, 6.07) is 66.7. The Morgan fingerprint density at radius 1 is 0.519 bits per heavy atom. The Morgan fingerprint density at radius 3 is 2.06 bits per heavy atom. The molecule has 54 heavy (non-hydrogen) atoms. The van der Waals surface area contributed by atoms with E-state index in [9.17, 15) is 0 Å². The van der Waals surface area contributed by atoms with Crippen molar-refractivity contribution in [3.63, 3.8) is 0 Å². The van der Waals surface area contributed by atoms with Crippen LogP contribution in [-0.4, -0.2) is 9.55 Å². The molecule has 0 fully saturated rings. The molecule has 1 aliphatic carbocycles. The molecule has 1 aliphatic rings. The van der Waals surface area contributed by atoms with Crippen LogP contribution in [0, 0.1) is 6.92 Å². The van der Waals surface area contributed by atoms with Crippen molar-refractivity contribution in [3.05, 3.63) is 204 Å². The zero-order valence-corrected chi connectivity index (χ0v) is 30.0. The average Bonchev–Trinajstić information content (AvgIpc) is 3.57.